The highest BCUT2D eigenvalue weighted by Crippen LogP contribution is 2.25. The third kappa shape index (κ3) is 5.73. The van der Waals surface area contributed by atoms with Crippen LogP contribution in [0.1, 0.15) is 31.4 Å². The van der Waals surface area contributed by atoms with Gasteiger partial charge in [-0.1, -0.05) is 37.3 Å². The summed E-state index contributed by atoms with van der Waals surface area (Å²) >= 11 is 0. The van der Waals surface area contributed by atoms with E-state index in [4.69, 9.17) is 0 Å². The van der Waals surface area contributed by atoms with Crippen molar-refractivity contribution < 1.29 is 4.79 Å². The van der Waals surface area contributed by atoms with E-state index in [9.17, 15) is 4.79 Å². The Balaban J connectivity index is 1.70. The van der Waals surface area contributed by atoms with E-state index in [1.165, 1.54) is 16.9 Å². The van der Waals surface area contributed by atoms with Gasteiger partial charge in [0.2, 0.25) is 5.91 Å². The standard InChI is InChI=1S/C24H34N4O/c1-4-8-24(29)25-19-23(20-11-13-21(14-12-20)26(2)3)28-17-15-27(16-18-28)22-9-6-5-7-10-22/h5-7,9-14,23H,4,8,15-19H2,1-3H3,(H,25,29)/t23-/m1/s1. The van der Waals surface area contributed by atoms with Crippen LogP contribution in [0.15, 0.2) is 54.6 Å². The molecular formula is C24H34N4O. The van der Waals surface area contributed by atoms with Crippen molar-refractivity contribution in [2.45, 2.75) is 25.8 Å². The maximum absolute atomic E-state index is 12.1. The highest BCUT2D eigenvalue weighted by atomic mass is 16.1. The number of amides is 1. The van der Waals surface area contributed by atoms with Crippen molar-refractivity contribution in [3.63, 3.8) is 0 Å². The number of piperazine rings is 1. The Morgan fingerprint density at radius 3 is 2.24 bits per heavy atom. The molecule has 2 aromatic carbocycles. The van der Waals surface area contributed by atoms with Crippen LogP contribution in [0, 0.1) is 0 Å². The Morgan fingerprint density at radius 2 is 1.66 bits per heavy atom. The van der Waals surface area contributed by atoms with Crippen LogP contribution in [-0.4, -0.2) is 57.6 Å². The van der Waals surface area contributed by atoms with Crippen molar-refractivity contribution >= 4 is 17.3 Å². The largest absolute Gasteiger partial charge is 0.378 e. The van der Waals surface area contributed by atoms with Gasteiger partial charge in [-0.2, -0.15) is 0 Å². The lowest BCUT2D eigenvalue weighted by molar-refractivity contribution is -0.121. The Labute approximate surface area is 175 Å². The SMILES string of the molecule is CCCC(=O)NC[C@H](c1ccc(N(C)C)cc1)N1CCN(c2ccccc2)CC1. The molecule has 0 aliphatic carbocycles. The van der Waals surface area contributed by atoms with Crippen LogP contribution in [-0.2, 0) is 4.79 Å². The van der Waals surface area contributed by atoms with E-state index in [-0.39, 0.29) is 11.9 Å². The fourth-order valence-electron chi connectivity index (χ4n) is 3.91. The predicted molar refractivity (Wildman–Crippen MR) is 122 cm³/mol. The number of hydrogen-bond acceptors (Lipinski definition) is 4. The number of nitrogens with zero attached hydrogens (tertiary/aromatic N) is 3. The molecule has 2 aromatic rings. The Bertz CT molecular complexity index is 752. The maximum Gasteiger partial charge on any atom is 0.220 e. The molecule has 0 unspecified atom stereocenters. The second-order valence-corrected chi connectivity index (χ2v) is 7.91. The fourth-order valence-corrected chi connectivity index (χ4v) is 3.91. The minimum Gasteiger partial charge on any atom is -0.378 e. The predicted octanol–water partition coefficient (Wildman–Crippen LogP) is 3.53. The molecule has 1 saturated heterocycles. The molecule has 29 heavy (non-hydrogen) atoms. The van der Waals surface area contributed by atoms with Gasteiger partial charge in [0.1, 0.15) is 0 Å². The normalized spacial score (nSPS) is 15.8. The Morgan fingerprint density at radius 1 is 1.00 bits per heavy atom. The molecule has 0 bridgehead atoms. The van der Waals surface area contributed by atoms with Gasteiger partial charge < -0.3 is 15.1 Å². The smallest absolute Gasteiger partial charge is 0.220 e. The fraction of sp³-hybridized carbons (Fsp3) is 0.458. The Kier molecular flexibility index (Phi) is 7.53. The summed E-state index contributed by atoms with van der Waals surface area (Å²) in [6.07, 6.45) is 1.47. The van der Waals surface area contributed by atoms with Crippen molar-refractivity contribution in [3.8, 4) is 0 Å². The number of rotatable bonds is 8. The van der Waals surface area contributed by atoms with Gasteiger partial charge in [0.05, 0.1) is 6.04 Å². The van der Waals surface area contributed by atoms with E-state index in [1.54, 1.807) is 0 Å². The first-order valence-corrected chi connectivity index (χ1v) is 10.7. The van der Waals surface area contributed by atoms with E-state index in [2.05, 4.69) is 88.7 Å². The highest BCUT2D eigenvalue weighted by Gasteiger charge is 2.25. The number of carbonyl (C=O) groups is 1. The number of hydrogen-bond donors (Lipinski definition) is 1. The monoisotopic (exact) mass is 394 g/mol. The molecule has 0 aromatic heterocycles. The first-order chi connectivity index (χ1) is 14.1. The molecule has 156 valence electrons. The summed E-state index contributed by atoms with van der Waals surface area (Å²) in [5.41, 5.74) is 3.74. The van der Waals surface area contributed by atoms with E-state index in [0.717, 1.165) is 32.6 Å². The highest BCUT2D eigenvalue weighted by molar-refractivity contribution is 5.75. The molecule has 1 aliphatic heterocycles. The second kappa shape index (κ2) is 10.3. The molecule has 0 spiro atoms. The summed E-state index contributed by atoms with van der Waals surface area (Å²) in [7, 11) is 4.11. The molecule has 0 saturated carbocycles. The van der Waals surface area contributed by atoms with Crippen LogP contribution in [0.3, 0.4) is 0 Å². The maximum atomic E-state index is 12.1. The van der Waals surface area contributed by atoms with Crippen LogP contribution in [0.4, 0.5) is 11.4 Å². The minimum absolute atomic E-state index is 0.144. The van der Waals surface area contributed by atoms with Crippen LogP contribution in [0.25, 0.3) is 0 Å². The number of anilines is 2. The van der Waals surface area contributed by atoms with Crippen LogP contribution in [0.2, 0.25) is 0 Å². The first-order valence-electron chi connectivity index (χ1n) is 10.7. The molecule has 0 radical (unpaired) electrons. The first kappa shape index (κ1) is 21.2. The van der Waals surface area contributed by atoms with E-state index < -0.39 is 0 Å². The summed E-state index contributed by atoms with van der Waals surface area (Å²) in [5.74, 6) is 0.144. The number of para-hydroxylation sites is 1. The van der Waals surface area contributed by atoms with Gasteiger partial charge in [-0.3, -0.25) is 9.69 Å². The minimum atomic E-state index is 0.144. The second-order valence-electron chi connectivity index (χ2n) is 7.91. The van der Waals surface area contributed by atoms with Gasteiger partial charge in [0, 0.05) is 64.6 Å². The van der Waals surface area contributed by atoms with Crippen molar-refractivity contribution in [3.05, 3.63) is 60.2 Å². The van der Waals surface area contributed by atoms with E-state index >= 15 is 0 Å². The zero-order chi connectivity index (χ0) is 20.6. The third-order valence-corrected chi connectivity index (χ3v) is 5.64. The molecular weight excluding hydrogens is 360 g/mol. The number of benzene rings is 2. The zero-order valence-electron chi connectivity index (χ0n) is 18.0. The number of nitrogens with one attached hydrogen (secondary N) is 1. The molecule has 1 aliphatic rings. The van der Waals surface area contributed by atoms with Crippen molar-refractivity contribution in [2.24, 2.45) is 0 Å². The van der Waals surface area contributed by atoms with Crippen molar-refractivity contribution in [2.75, 3.05) is 56.6 Å². The average Bonchev–Trinajstić information content (AvgIpc) is 2.75. The molecule has 1 heterocycles. The van der Waals surface area contributed by atoms with Gasteiger partial charge in [0.15, 0.2) is 0 Å². The average molecular weight is 395 g/mol. The molecule has 3 rings (SSSR count). The van der Waals surface area contributed by atoms with Crippen LogP contribution >= 0.6 is 0 Å². The molecule has 1 amide bonds. The lowest BCUT2D eigenvalue weighted by Crippen LogP contribution is -2.49. The lowest BCUT2D eigenvalue weighted by Gasteiger charge is -2.40. The van der Waals surface area contributed by atoms with E-state index in [1.807, 2.05) is 6.92 Å². The summed E-state index contributed by atoms with van der Waals surface area (Å²) in [4.78, 5) is 19.2. The summed E-state index contributed by atoms with van der Waals surface area (Å²) in [6, 6.07) is 19.5. The summed E-state index contributed by atoms with van der Waals surface area (Å²) in [6.45, 7) is 6.67. The topological polar surface area (TPSA) is 38.8 Å². The van der Waals surface area contributed by atoms with Gasteiger partial charge in [-0.05, 0) is 36.2 Å². The summed E-state index contributed by atoms with van der Waals surface area (Å²) in [5, 5.41) is 3.16. The van der Waals surface area contributed by atoms with Crippen molar-refractivity contribution in [1.82, 2.24) is 10.2 Å². The quantitative estimate of drug-likeness (QED) is 0.743. The molecule has 1 N–H and O–H groups in total. The van der Waals surface area contributed by atoms with Crippen LogP contribution in [0.5, 0.6) is 0 Å². The van der Waals surface area contributed by atoms with Crippen molar-refractivity contribution in [1.29, 1.82) is 0 Å². The molecule has 5 nitrogen and oxygen atoms in total. The van der Waals surface area contributed by atoms with Gasteiger partial charge in [0.25, 0.3) is 0 Å². The zero-order valence-corrected chi connectivity index (χ0v) is 18.0. The molecule has 1 fully saturated rings. The lowest BCUT2D eigenvalue weighted by atomic mass is 10.0. The third-order valence-electron chi connectivity index (χ3n) is 5.64. The number of carbonyl (C=O) groups excluding carboxylic acids is 1. The van der Waals surface area contributed by atoms with Gasteiger partial charge >= 0.3 is 0 Å². The van der Waals surface area contributed by atoms with Gasteiger partial charge in [-0.25, -0.2) is 0 Å². The van der Waals surface area contributed by atoms with Gasteiger partial charge in [-0.15, -0.1) is 0 Å². The van der Waals surface area contributed by atoms with E-state index in [0.29, 0.717) is 13.0 Å². The molecule has 1 atom stereocenters. The Hall–Kier alpha value is -2.53. The van der Waals surface area contributed by atoms with Crippen LogP contribution < -0.4 is 15.1 Å². The summed E-state index contributed by atoms with van der Waals surface area (Å²) < 4.78 is 0. The molecule has 5 heteroatoms.